The summed E-state index contributed by atoms with van der Waals surface area (Å²) in [6, 6.07) is 11.3. The van der Waals surface area contributed by atoms with Gasteiger partial charge in [0.25, 0.3) is 5.91 Å². The van der Waals surface area contributed by atoms with Crippen molar-refractivity contribution in [3.05, 3.63) is 65.3 Å². The van der Waals surface area contributed by atoms with E-state index in [1.54, 1.807) is 29.7 Å². The molecule has 128 valence electrons. The van der Waals surface area contributed by atoms with E-state index in [1.807, 2.05) is 43.5 Å². The van der Waals surface area contributed by atoms with Crippen LogP contribution in [0.2, 0.25) is 0 Å². The number of thiophene rings is 1. The fourth-order valence-electron chi connectivity index (χ4n) is 2.32. The van der Waals surface area contributed by atoms with Crippen molar-refractivity contribution in [2.24, 2.45) is 0 Å². The summed E-state index contributed by atoms with van der Waals surface area (Å²) in [4.78, 5) is 22.0. The lowest BCUT2D eigenvalue weighted by Crippen LogP contribution is -2.23. The molecule has 1 N–H and O–H groups in total. The number of hydrogen-bond acceptors (Lipinski definition) is 5. The molecule has 0 aliphatic rings. The summed E-state index contributed by atoms with van der Waals surface area (Å²) >= 11 is 1.63. The summed E-state index contributed by atoms with van der Waals surface area (Å²) in [7, 11) is 0. The predicted octanol–water partition coefficient (Wildman–Crippen LogP) is 3.92. The van der Waals surface area contributed by atoms with E-state index < -0.39 is 0 Å². The molecule has 0 unspecified atom stereocenters. The van der Waals surface area contributed by atoms with Crippen molar-refractivity contribution in [2.45, 2.75) is 26.5 Å². The van der Waals surface area contributed by atoms with E-state index in [4.69, 9.17) is 4.74 Å². The molecule has 5 nitrogen and oxygen atoms in total. The van der Waals surface area contributed by atoms with Gasteiger partial charge in [-0.1, -0.05) is 12.1 Å². The standard InChI is InChI=1S/C19H19N3O2S/c1-13(2)24-17-8-7-15(12-21-17)19(23)22-11-14-5-3-9-20-18(14)16-6-4-10-25-16/h3-10,12-13H,11H2,1-2H3,(H,22,23). The summed E-state index contributed by atoms with van der Waals surface area (Å²) in [6.45, 7) is 4.27. The number of nitrogens with zero attached hydrogens (tertiary/aromatic N) is 2. The topological polar surface area (TPSA) is 64.1 Å². The molecule has 0 aliphatic heterocycles. The molecule has 0 aliphatic carbocycles. The SMILES string of the molecule is CC(C)Oc1ccc(C(=O)NCc2cccnc2-c2cccs2)cn1. The van der Waals surface area contributed by atoms with Gasteiger partial charge in [0.2, 0.25) is 5.88 Å². The van der Waals surface area contributed by atoms with E-state index in [9.17, 15) is 4.79 Å². The first-order chi connectivity index (χ1) is 12.1. The summed E-state index contributed by atoms with van der Waals surface area (Å²) in [5.74, 6) is 0.336. The molecule has 0 saturated carbocycles. The molecule has 1 amide bonds. The fourth-order valence-corrected chi connectivity index (χ4v) is 3.08. The molecular weight excluding hydrogens is 334 g/mol. The zero-order valence-electron chi connectivity index (χ0n) is 14.1. The first-order valence-corrected chi connectivity index (χ1v) is 8.90. The molecule has 3 aromatic heterocycles. The van der Waals surface area contributed by atoms with Crippen molar-refractivity contribution in [2.75, 3.05) is 0 Å². The van der Waals surface area contributed by atoms with Crippen LogP contribution in [-0.2, 0) is 6.54 Å². The first kappa shape index (κ1) is 17.1. The summed E-state index contributed by atoms with van der Waals surface area (Å²) < 4.78 is 5.49. The van der Waals surface area contributed by atoms with Crippen molar-refractivity contribution in [1.82, 2.24) is 15.3 Å². The molecule has 0 bridgehead atoms. The number of pyridine rings is 2. The number of carbonyl (C=O) groups excluding carboxylic acids is 1. The van der Waals surface area contributed by atoms with Crippen molar-refractivity contribution >= 4 is 17.2 Å². The Morgan fingerprint density at radius 1 is 1.20 bits per heavy atom. The second-order valence-corrected chi connectivity index (χ2v) is 6.67. The van der Waals surface area contributed by atoms with Gasteiger partial charge in [0.1, 0.15) is 0 Å². The van der Waals surface area contributed by atoms with E-state index in [0.717, 1.165) is 16.1 Å². The average molecular weight is 353 g/mol. The fraction of sp³-hybridized carbons (Fsp3) is 0.211. The third kappa shape index (κ3) is 4.42. The van der Waals surface area contributed by atoms with Gasteiger partial charge >= 0.3 is 0 Å². The molecule has 25 heavy (non-hydrogen) atoms. The Labute approximate surface area is 150 Å². The van der Waals surface area contributed by atoms with Crippen LogP contribution in [-0.4, -0.2) is 22.0 Å². The lowest BCUT2D eigenvalue weighted by molar-refractivity contribution is 0.0950. The van der Waals surface area contributed by atoms with Crippen LogP contribution < -0.4 is 10.1 Å². The largest absolute Gasteiger partial charge is 0.475 e. The van der Waals surface area contributed by atoms with Crippen molar-refractivity contribution in [3.63, 3.8) is 0 Å². The Morgan fingerprint density at radius 3 is 2.76 bits per heavy atom. The van der Waals surface area contributed by atoms with Gasteiger partial charge in [-0.25, -0.2) is 4.98 Å². The number of amides is 1. The number of ether oxygens (including phenoxy) is 1. The quantitative estimate of drug-likeness (QED) is 0.729. The zero-order chi connectivity index (χ0) is 17.6. The monoisotopic (exact) mass is 353 g/mol. The third-order valence-electron chi connectivity index (χ3n) is 3.44. The Kier molecular flexibility index (Phi) is 5.40. The lowest BCUT2D eigenvalue weighted by atomic mass is 10.1. The highest BCUT2D eigenvalue weighted by Crippen LogP contribution is 2.25. The van der Waals surface area contributed by atoms with Gasteiger partial charge < -0.3 is 10.1 Å². The Bertz CT molecular complexity index is 830. The maximum Gasteiger partial charge on any atom is 0.253 e. The van der Waals surface area contributed by atoms with E-state index in [1.165, 1.54) is 6.20 Å². The average Bonchev–Trinajstić information content (AvgIpc) is 3.14. The van der Waals surface area contributed by atoms with E-state index in [-0.39, 0.29) is 12.0 Å². The molecule has 0 radical (unpaired) electrons. The number of hydrogen-bond donors (Lipinski definition) is 1. The van der Waals surface area contributed by atoms with Gasteiger partial charge in [0.15, 0.2) is 0 Å². The second-order valence-electron chi connectivity index (χ2n) is 5.72. The lowest BCUT2D eigenvalue weighted by Gasteiger charge is -2.10. The molecule has 0 aromatic carbocycles. The Morgan fingerprint density at radius 2 is 2.08 bits per heavy atom. The molecule has 3 aromatic rings. The maximum atomic E-state index is 12.3. The molecule has 3 rings (SSSR count). The Hall–Kier alpha value is -2.73. The van der Waals surface area contributed by atoms with Crippen LogP contribution in [0.4, 0.5) is 0 Å². The minimum absolute atomic E-state index is 0.0495. The normalized spacial score (nSPS) is 10.7. The van der Waals surface area contributed by atoms with Crippen LogP contribution in [0, 0.1) is 0 Å². The van der Waals surface area contributed by atoms with Crippen LogP contribution in [0.25, 0.3) is 10.6 Å². The van der Waals surface area contributed by atoms with Gasteiger partial charge in [0.05, 0.1) is 22.2 Å². The van der Waals surface area contributed by atoms with Gasteiger partial charge in [-0.05, 0) is 43.0 Å². The van der Waals surface area contributed by atoms with Crippen LogP contribution in [0.15, 0.2) is 54.2 Å². The molecule has 6 heteroatoms. The minimum Gasteiger partial charge on any atom is -0.475 e. The van der Waals surface area contributed by atoms with Crippen molar-refractivity contribution in [1.29, 1.82) is 0 Å². The van der Waals surface area contributed by atoms with Crippen LogP contribution in [0.5, 0.6) is 5.88 Å². The van der Waals surface area contributed by atoms with Gasteiger partial charge in [-0.2, -0.15) is 0 Å². The predicted molar refractivity (Wildman–Crippen MR) is 98.7 cm³/mol. The molecular formula is C19H19N3O2S. The smallest absolute Gasteiger partial charge is 0.253 e. The number of rotatable bonds is 6. The van der Waals surface area contributed by atoms with E-state index >= 15 is 0 Å². The first-order valence-electron chi connectivity index (χ1n) is 8.02. The van der Waals surface area contributed by atoms with Crippen LogP contribution >= 0.6 is 11.3 Å². The molecule has 0 atom stereocenters. The highest BCUT2D eigenvalue weighted by atomic mass is 32.1. The number of nitrogens with one attached hydrogen (secondary N) is 1. The van der Waals surface area contributed by atoms with Gasteiger partial charge in [-0.15, -0.1) is 11.3 Å². The molecule has 0 spiro atoms. The zero-order valence-corrected chi connectivity index (χ0v) is 14.9. The molecule has 0 fully saturated rings. The van der Waals surface area contributed by atoms with E-state index in [2.05, 4.69) is 15.3 Å². The van der Waals surface area contributed by atoms with Gasteiger partial charge in [-0.3, -0.25) is 9.78 Å². The minimum atomic E-state index is -0.176. The van der Waals surface area contributed by atoms with Crippen molar-refractivity contribution < 1.29 is 9.53 Å². The van der Waals surface area contributed by atoms with E-state index in [0.29, 0.717) is 18.0 Å². The second kappa shape index (κ2) is 7.90. The van der Waals surface area contributed by atoms with Crippen LogP contribution in [0.1, 0.15) is 29.8 Å². The number of aromatic nitrogens is 2. The van der Waals surface area contributed by atoms with Gasteiger partial charge in [0, 0.05) is 25.0 Å². The third-order valence-corrected chi connectivity index (χ3v) is 4.32. The number of carbonyl (C=O) groups is 1. The summed E-state index contributed by atoms with van der Waals surface area (Å²) in [5, 5.41) is 4.94. The highest BCUT2D eigenvalue weighted by Gasteiger charge is 2.11. The maximum absolute atomic E-state index is 12.3. The van der Waals surface area contributed by atoms with Crippen LogP contribution in [0.3, 0.4) is 0 Å². The molecule has 0 saturated heterocycles. The Balaban J connectivity index is 1.67. The molecule has 3 heterocycles. The summed E-state index contributed by atoms with van der Waals surface area (Å²) in [5.41, 5.74) is 2.38. The summed E-state index contributed by atoms with van der Waals surface area (Å²) in [6.07, 6.45) is 3.34. The highest BCUT2D eigenvalue weighted by molar-refractivity contribution is 7.13. The van der Waals surface area contributed by atoms with Crippen molar-refractivity contribution in [3.8, 4) is 16.5 Å².